The van der Waals surface area contributed by atoms with Crippen LogP contribution in [0.5, 0.6) is 11.5 Å². The lowest BCUT2D eigenvalue weighted by Gasteiger charge is -2.16. The Balaban J connectivity index is 2.00. The van der Waals surface area contributed by atoms with Gasteiger partial charge in [-0.15, -0.1) is 0 Å². The number of nitrogens with two attached hydrogens (primary N) is 1. The maximum atomic E-state index is 11.7. The van der Waals surface area contributed by atoms with Gasteiger partial charge < -0.3 is 10.5 Å². The number of ether oxygens (including phenoxy) is 1. The monoisotopic (exact) mass is 333 g/mol. The van der Waals surface area contributed by atoms with Gasteiger partial charge in [0.25, 0.3) is 10.1 Å². The highest BCUT2D eigenvalue weighted by molar-refractivity contribution is 7.86. The normalized spacial score (nSPS) is 14.7. The number of hydrogen-bond acceptors (Lipinski definition) is 6. The molecule has 120 valence electrons. The van der Waals surface area contributed by atoms with E-state index in [2.05, 4.69) is 5.10 Å². The van der Waals surface area contributed by atoms with Gasteiger partial charge in [0.2, 0.25) is 0 Å². The van der Waals surface area contributed by atoms with Crippen LogP contribution in [0.3, 0.4) is 0 Å². The van der Waals surface area contributed by atoms with Gasteiger partial charge in [-0.05, 0) is 30.3 Å². The summed E-state index contributed by atoms with van der Waals surface area (Å²) in [6.07, 6.45) is 0.601. The van der Waals surface area contributed by atoms with E-state index in [1.807, 2.05) is 6.07 Å². The molecule has 0 saturated heterocycles. The minimum atomic E-state index is -4.45. The molecule has 3 rings (SSSR count). The number of anilines is 1. The van der Waals surface area contributed by atoms with Gasteiger partial charge in [0.05, 0.1) is 5.69 Å². The van der Waals surface area contributed by atoms with Crippen LogP contribution in [0.2, 0.25) is 0 Å². The standard InChI is InChI=1S/C15H15N3O4S/c16-15-8-9-18(17-15)11-6-7-13(14(10-11)23(19,20)21)22-12-4-2-1-3-5-12/h1-7,10H,8-9H2,(H2,16,17)(H,19,20,21). The van der Waals surface area contributed by atoms with Crippen LogP contribution in [0.1, 0.15) is 6.42 Å². The summed E-state index contributed by atoms with van der Waals surface area (Å²) in [6, 6.07) is 13.2. The van der Waals surface area contributed by atoms with Crippen molar-refractivity contribution in [3.05, 3.63) is 48.5 Å². The van der Waals surface area contributed by atoms with Crippen molar-refractivity contribution in [2.45, 2.75) is 11.3 Å². The molecule has 2 aromatic rings. The molecule has 0 radical (unpaired) electrons. The maximum Gasteiger partial charge on any atom is 0.298 e. The number of benzene rings is 2. The molecule has 0 unspecified atom stereocenters. The molecule has 0 spiro atoms. The van der Waals surface area contributed by atoms with Gasteiger partial charge in [0, 0.05) is 13.0 Å². The molecule has 0 bridgehead atoms. The number of nitrogens with zero attached hydrogens (tertiary/aromatic N) is 2. The first-order valence-corrected chi connectivity index (χ1v) is 8.32. The second-order valence-electron chi connectivity index (χ2n) is 4.99. The average Bonchev–Trinajstić information content (AvgIpc) is 2.94. The second kappa shape index (κ2) is 5.90. The Kier molecular flexibility index (Phi) is 3.93. The molecule has 7 nitrogen and oxygen atoms in total. The van der Waals surface area contributed by atoms with E-state index in [0.29, 0.717) is 30.2 Å². The molecule has 0 amide bonds. The zero-order valence-electron chi connectivity index (χ0n) is 12.1. The predicted molar refractivity (Wildman–Crippen MR) is 86.4 cm³/mol. The fraction of sp³-hybridized carbons (Fsp3) is 0.133. The predicted octanol–water partition coefficient (Wildman–Crippen LogP) is 2.21. The molecule has 1 aliphatic heterocycles. The fourth-order valence-electron chi connectivity index (χ4n) is 2.22. The lowest BCUT2D eigenvalue weighted by molar-refractivity contribution is 0.450. The third kappa shape index (κ3) is 3.43. The summed E-state index contributed by atoms with van der Waals surface area (Å²) in [5.41, 5.74) is 6.15. The van der Waals surface area contributed by atoms with Crippen molar-refractivity contribution in [2.24, 2.45) is 10.8 Å². The van der Waals surface area contributed by atoms with Crippen molar-refractivity contribution in [3.63, 3.8) is 0 Å². The molecule has 8 heteroatoms. The van der Waals surface area contributed by atoms with E-state index in [-0.39, 0.29) is 10.6 Å². The van der Waals surface area contributed by atoms with Gasteiger partial charge in [-0.2, -0.15) is 13.5 Å². The number of rotatable bonds is 4. The van der Waals surface area contributed by atoms with Crippen molar-refractivity contribution in [1.29, 1.82) is 0 Å². The highest BCUT2D eigenvalue weighted by Gasteiger charge is 2.21. The van der Waals surface area contributed by atoms with Crippen LogP contribution in [-0.2, 0) is 10.1 Å². The summed E-state index contributed by atoms with van der Waals surface area (Å²) in [5.74, 6) is 0.982. The highest BCUT2D eigenvalue weighted by Crippen LogP contribution is 2.33. The number of hydrogen-bond donors (Lipinski definition) is 2. The molecule has 1 aliphatic rings. The van der Waals surface area contributed by atoms with Crippen molar-refractivity contribution < 1.29 is 17.7 Å². The van der Waals surface area contributed by atoms with Gasteiger partial charge in [-0.3, -0.25) is 9.56 Å². The first kappa shape index (κ1) is 15.3. The van der Waals surface area contributed by atoms with Gasteiger partial charge in [0.1, 0.15) is 22.2 Å². The molecule has 2 aromatic carbocycles. The molecule has 0 fully saturated rings. The van der Waals surface area contributed by atoms with Crippen LogP contribution in [0.25, 0.3) is 0 Å². The van der Waals surface area contributed by atoms with E-state index in [1.54, 1.807) is 35.3 Å². The van der Waals surface area contributed by atoms with E-state index >= 15 is 0 Å². The lowest BCUT2D eigenvalue weighted by Crippen LogP contribution is -2.13. The Morgan fingerprint density at radius 2 is 1.91 bits per heavy atom. The van der Waals surface area contributed by atoms with Crippen molar-refractivity contribution in [3.8, 4) is 11.5 Å². The smallest absolute Gasteiger partial charge is 0.298 e. The van der Waals surface area contributed by atoms with Crippen LogP contribution in [0.15, 0.2) is 58.5 Å². The molecule has 0 aromatic heterocycles. The van der Waals surface area contributed by atoms with E-state index in [4.69, 9.17) is 10.5 Å². The minimum absolute atomic E-state index is 0.0404. The largest absolute Gasteiger partial charge is 0.456 e. The number of hydrazone groups is 1. The van der Waals surface area contributed by atoms with Crippen molar-refractivity contribution in [2.75, 3.05) is 11.6 Å². The number of amidine groups is 1. The molecule has 23 heavy (non-hydrogen) atoms. The van der Waals surface area contributed by atoms with Gasteiger partial charge in [-0.1, -0.05) is 18.2 Å². The van der Waals surface area contributed by atoms with Crippen molar-refractivity contribution in [1.82, 2.24) is 0 Å². The fourth-order valence-corrected chi connectivity index (χ4v) is 2.85. The summed E-state index contributed by atoms with van der Waals surface area (Å²) >= 11 is 0. The quantitative estimate of drug-likeness (QED) is 0.831. The Hall–Kier alpha value is -2.58. The summed E-state index contributed by atoms with van der Waals surface area (Å²) in [4.78, 5) is -0.320. The molecular formula is C15H15N3O4S. The van der Waals surface area contributed by atoms with Crippen LogP contribution in [0, 0.1) is 0 Å². The lowest BCUT2D eigenvalue weighted by atomic mass is 10.3. The van der Waals surface area contributed by atoms with Crippen LogP contribution >= 0.6 is 0 Å². The third-order valence-electron chi connectivity index (χ3n) is 3.30. The first-order chi connectivity index (χ1) is 10.9. The summed E-state index contributed by atoms with van der Waals surface area (Å²) in [7, 11) is -4.45. The Morgan fingerprint density at radius 3 is 2.52 bits per heavy atom. The molecule has 3 N–H and O–H groups in total. The Labute approximate surface area is 133 Å². The third-order valence-corrected chi connectivity index (χ3v) is 4.18. The number of para-hydroxylation sites is 1. The average molecular weight is 333 g/mol. The van der Waals surface area contributed by atoms with Crippen molar-refractivity contribution >= 4 is 21.6 Å². The minimum Gasteiger partial charge on any atom is -0.456 e. The highest BCUT2D eigenvalue weighted by atomic mass is 32.2. The van der Waals surface area contributed by atoms with E-state index < -0.39 is 10.1 Å². The molecule has 1 heterocycles. The Morgan fingerprint density at radius 1 is 1.17 bits per heavy atom. The van der Waals surface area contributed by atoms with Gasteiger partial charge in [0.15, 0.2) is 0 Å². The SMILES string of the molecule is NC1=NN(c2ccc(Oc3ccccc3)c(S(=O)(=O)O)c2)CC1. The summed E-state index contributed by atoms with van der Waals surface area (Å²) < 4.78 is 38.4. The maximum absolute atomic E-state index is 11.7. The van der Waals surface area contributed by atoms with Crippen LogP contribution in [-0.4, -0.2) is 25.4 Å². The molecule has 0 saturated carbocycles. The van der Waals surface area contributed by atoms with E-state index in [1.165, 1.54) is 12.1 Å². The summed E-state index contributed by atoms with van der Waals surface area (Å²) in [5, 5.41) is 5.69. The summed E-state index contributed by atoms with van der Waals surface area (Å²) in [6.45, 7) is 0.551. The zero-order valence-corrected chi connectivity index (χ0v) is 12.9. The molecule has 0 aliphatic carbocycles. The van der Waals surface area contributed by atoms with Crippen LogP contribution < -0.4 is 15.5 Å². The first-order valence-electron chi connectivity index (χ1n) is 6.88. The van der Waals surface area contributed by atoms with Gasteiger partial charge >= 0.3 is 0 Å². The Bertz CT molecular complexity index is 850. The van der Waals surface area contributed by atoms with Crippen LogP contribution in [0.4, 0.5) is 5.69 Å². The zero-order chi connectivity index (χ0) is 16.4. The molecular weight excluding hydrogens is 318 g/mol. The van der Waals surface area contributed by atoms with Gasteiger partial charge in [-0.25, -0.2) is 0 Å². The second-order valence-corrected chi connectivity index (χ2v) is 6.38. The molecule has 0 atom stereocenters. The van der Waals surface area contributed by atoms with E-state index in [9.17, 15) is 13.0 Å². The van der Waals surface area contributed by atoms with E-state index in [0.717, 1.165) is 0 Å². The topological polar surface area (TPSA) is 105 Å².